The van der Waals surface area contributed by atoms with Gasteiger partial charge in [-0.2, -0.15) is 0 Å². The summed E-state index contributed by atoms with van der Waals surface area (Å²) < 4.78 is 0. The Morgan fingerprint density at radius 3 is 2.59 bits per heavy atom. The Labute approximate surface area is 131 Å². The number of carbonyl (C=O) groups excluding carboxylic acids is 2. The molecule has 22 heavy (non-hydrogen) atoms. The van der Waals surface area contributed by atoms with Crippen molar-refractivity contribution in [2.24, 2.45) is 16.3 Å². The van der Waals surface area contributed by atoms with Crippen LogP contribution >= 0.6 is 0 Å². The van der Waals surface area contributed by atoms with Gasteiger partial charge in [0.2, 0.25) is 5.91 Å². The van der Waals surface area contributed by atoms with Crippen LogP contribution in [0.25, 0.3) is 6.08 Å². The zero-order valence-electron chi connectivity index (χ0n) is 14.0. The summed E-state index contributed by atoms with van der Waals surface area (Å²) in [5.41, 5.74) is 1.78. The van der Waals surface area contributed by atoms with Crippen LogP contribution in [0.5, 0.6) is 0 Å². The lowest BCUT2D eigenvalue weighted by Gasteiger charge is -2.19. The number of nitrogens with one attached hydrogen (secondary N) is 1. The van der Waals surface area contributed by atoms with Crippen LogP contribution in [0.2, 0.25) is 0 Å². The summed E-state index contributed by atoms with van der Waals surface area (Å²) in [7, 11) is 0. The fourth-order valence-electron chi connectivity index (χ4n) is 2.40. The van der Waals surface area contributed by atoms with Gasteiger partial charge in [-0.25, -0.2) is 4.99 Å². The average Bonchev–Trinajstić information content (AvgIpc) is 2.43. The minimum atomic E-state index is -0.411. The lowest BCUT2D eigenvalue weighted by molar-refractivity contribution is -0.128. The lowest BCUT2D eigenvalue weighted by Crippen LogP contribution is -2.39. The normalized spacial score (nSPS) is 17.3. The van der Waals surface area contributed by atoms with Crippen LogP contribution < -0.4 is 15.9 Å². The molecule has 1 aliphatic heterocycles. The number of carbonyl (C=O) groups is 2. The monoisotopic (exact) mass is 300 g/mol. The van der Waals surface area contributed by atoms with E-state index in [2.05, 4.69) is 16.4 Å². The van der Waals surface area contributed by atoms with E-state index in [-0.39, 0.29) is 17.7 Å². The highest BCUT2D eigenvalue weighted by Crippen LogP contribution is 2.14. The van der Waals surface area contributed by atoms with E-state index in [1.54, 1.807) is 0 Å². The minimum absolute atomic E-state index is 0.000401. The summed E-state index contributed by atoms with van der Waals surface area (Å²) in [5.74, 6) is -0.374. The van der Waals surface area contributed by atoms with Gasteiger partial charge in [-0.15, -0.1) is 0 Å². The number of nitrogens with zero attached hydrogens (tertiary/aromatic N) is 1. The first-order valence-electron chi connectivity index (χ1n) is 7.69. The van der Waals surface area contributed by atoms with Gasteiger partial charge in [-0.05, 0) is 36.6 Å². The summed E-state index contributed by atoms with van der Waals surface area (Å²) >= 11 is 0. The van der Waals surface area contributed by atoms with Crippen molar-refractivity contribution in [3.8, 4) is 0 Å². The van der Waals surface area contributed by atoms with E-state index in [0.717, 1.165) is 21.7 Å². The predicted molar refractivity (Wildman–Crippen MR) is 86.7 cm³/mol. The molecule has 0 radical (unpaired) electrons. The molecule has 1 aromatic carbocycles. The van der Waals surface area contributed by atoms with Gasteiger partial charge in [0.25, 0.3) is 5.91 Å². The molecule has 1 aliphatic rings. The Balaban J connectivity index is 2.12. The highest BCUT2D eigenvalue weighted by molar-refractivity contribution is 5.86. The summed E-state index contributed by atoms with van der Waals surface area (Å²) in [6.07, 6.45) is 2.55. The van der Waals surface area contributed by atoms with E-state index < -0.39 is 5.41 Å². The second-order valence-corrected chi connectivity index (χ2v) is 6.96. The minimum Gasteiger partial charge on any atom is -0.356 e. The molecule has 0 fully saturated rings. The molecule has 1 heterocycles. The first kappa shape index (κ1) is 16.4. The number of hydrogen-bond donors (Lipinski definition) is 1. The van der Waals surface area contributed by atoms with Crippen molar-refractivity contribution < 1.29 is 9.59 Å². The Kier molecular flexibility index (Phi) is 4.50. The Morgan fingerprint density at radius 1 is 1.27 bits per heavy atom. The number of benzene rings is 1. The van der Waals surface area contributed by atoms with Gasteiger partial charge in [0.05, 0.1) is 11.3 Å². The number of fused-ring (bicyclic) bond motifs is 1. The third kappa shape index (κ3) is 3.43. The fraction of sp³-hybridized carbons (Fsp3) is 0.500. The van der Waals surface area contributed by atoms with Gasteiger partial charge in [0.1, 0.15) is 0 Å². The topological polar surface area (TPSA) is 58.5 Å². The second-order valence-electron chi connectivity index (χ2n) is 6.96. The highest BCUT2D eigenvalue weighted by Gasteiger charge is 2.23. The highest BCUT2D eigenvalue weighted by atomic mass is 16.2. The molecule has 118 valence electrons. The van der Waals surface area contributed by atoms with E-state index in [1.807, 2.05) is 46.8 Å². The van der Waals surface area contributed by atoms with Gasteiger partial charge >= 0.3 is 0 Å². The van der Waals surface area contributed by atoms with Crippen LogP contribution in [-0.2, 0) is 9.59 Å². The maximum Gasteiger partial charge on any atom is 0.253 e. The number of rotatable bonds is 3. The van der Waals surface area contributed by atoms with Crippen LogP contribution in [0.1, 0.15) is 38.3 Å². The molecule has 0 spiro atoms. The number of aryl methyl sites for hydroxylation is 1. The first-order chi connectivity index (χ1) is 10.2. The number of hydrogen-bond acceptors (Lipinski definition) is 2. The van der Waals surface area contributed by atoms with Crippen molar-refractivity contribution in [2.45, 2.75) is 41.0 Å². The third-order valence-electron chi connectivity index (χ3n) is 4.08. The standard InChI is InChI=1S/C18H24N2O2/c1-11-6-7-13-10-14(16(21)20-15(13)12(11)2)8-9-19-17(22)18(3,4)5/h6-7,10,14H,8-9H2,1-5H3,(H,19,22). The van der Waals surface area contributed by atoms with Crippen molar-refractivity contribution in [3.63, 3.8) is 0 Å². The molecule has 1 aromatic rings. The largest absolute Gasteiger partial charge is 0.356 e. The summed E-state index contributed by atoms with van der Waals surface area (Å²) in [6.45, 7) is 10.1. The molecule has 4 nitrogen and oxygen atoms in total. The predicted octanol–water partition coefficient (Wildman–Crippen LogP) is 1.41. The first-order valence-corrected chi connectivity index (χ1v) is 7.69. The van der Waals surface area contributed by atoms with Crippen molar-refractivity contribution in [1.82, 2.24) is 5.32 Å². The summed E-state index contributed by atoms with van der Waals surface area (Å²) in [5, 5.41) is 4.68. The van der Waals surface area contributed by atoms with Crippen LogP contribution in [0.4, 0.5) is 0 Å². The van der Waals surface area contributed by atoms with Gasteiger partial charge < -0.3 is 5.32 Å². The Hall–Kier alpha value is -1.97. The summed E-state index contributed by atoms with van der Waals surface area (Å²) in [4.78, 5) is 28.3. The molecule has 0 aliphatic carbocycles. The fourth-order valence-corrected chi connectivity index (χ4v) is 2.40. The average molecular weight is 300 g/mol. The van der Waals surface area contributed by atoms with Crippen LogP contribution in [0.15, 0.2) is 17.1 Å². The number of amides is 2. The van der Waals surface area contributed by atoms with Crippen molar-refractivity contribution in [2.75, 3.05) is 6.54 Å². The molecule has 1 unspecified atom stereocenters. The molecule has 0 saturated heterocycles. The van der Waals surface area contributed by atoms with Crippen molar-refractivity contribution >= 4 is 17.9 Å². The molecule has 2 amide bonds. The summed E-state index contributed by atoms with van der Waals surface area (Å²) in [6, 6.07) is 4.06. The van der Waals surface area contributed by atoms with Crippen molar-refractivity contribution in [1.29, 1.82) is 0 Å². The van der Waals surface area contributed by atoms with E-state index >= 15 is 0 Å². The Bertz CT molecular complexity index is 727. The SMILES string of the molecule is Cc1ccc2c(c1C)=NC(=O)C(CCNC(=O)C(C)(C)C)C=2. The van der Waals surface area contributed by atoms with Gasteiger partial charge in [-0.1, -0.05) is 39.0 Å². The molecule has 1 N–H and O–H groups in total. The molecular formula is C18H24N2O2. The lowest BCUT2D eigenvalue weighted by atomic mass is 9.95. The molecule has 1 atom stereocenters. The van der Waals surface area contributed by atoms with E-state index in [1.165, 1.54) is 0 Å². The van der Waals surface area contributed by atoms with Crippen LogP contribution in [0, 0.1) is 25.2 Å². The van der Waals surface area contributed by atoms with Gasteiger partial charge in [0, 0.05) is 12.0 Å². The van der Waals surface area contributed by atoms with E-state index in [4.69, 9.17) is 0 Å². The van der Waals surface area contributed by atoms with Crippen LogP contribution in [-0.4, -0.2) is 18.4 Å². The quantitative estimate of drug-likeness (QED) is 0.917. The second kappa shape index (κ2) is 6.03. The molecular weight excluding hydrogens is 276 g/mol. The van der Waals surface area contributed by atoms with E-state index in [9.17, 15) is 9.59 Å². The Morgan fingerprint density at radius 2 is 1.95 bits per heavy atom. The molecule has 2 rings (SSSR count). The maximum atomic E-state index is 12.2. The molecule has 4 heteroatoms. The zero-order valence-corrected chi connectivity index (χ0v) is 14.0. The molecule has 0 saturated carbocycles. The molecule has 0 bridgehead atoms. The third-order valence-corrected chi connectivity index (χ3v) is 4.08. The van der Waals surface area contributed by atoms with Gasteiger partial charge in [0.15, 0.2) is 0 Å². The smallest absolute Gasteiger partial charge is 0.253 e. The zero-order chi connectivity index (χ0) is 16.5. The molecule has 0 aromatic heterocycles. The van der Waals surface area contributed by atoms with Gasteiger partial charge in [-0.3, -0.25) is 9.59 Å². The van der Waals surface area contributed by atoms with Crippen molar-refractivity contribution in [3.05, 3.63) is 33.8 Å². The van der Waals surface area contributed by atoms with Crippen LogP contribution in [0.3, 0.4) is 0 Å². The van der Waals surface area contributed by atoms with E-state index in [0.29, 0.717) is 13.0 Å². The maximum absolute atomic E-state index is 12.2.